The monoisotopic (exact) mass is 207 g/mol. The van der Waals surface area contributed by atoms with Crippen molar-refractivity contribution in [3.05, 3.63) is 47.5 Å². The highest BCUT2D eigenvalue weighted by atomic mass is 19.1. The molecule has 2 aromatic rings. The van der Waals surface area contributed by atoms with Crippen molar-refractivity contribution in [2.45, 2.75) is 12.5 Å². The number of hydrogen-bond acceptors (Lipinski definition) is 3. The number of nitrogens with zero attached hydrogens (tertiary/aromatic N) is 2. The molecule has 0 spiro atoms. The van der Waals surface area contributed by atoms with E-state index in [1.807, 2.05) is 0 Å². The fraction of sp³-hybridized carbons (Fsp3) is 0.200. The van der Waals surface area contributed by atoms with Crippen molar-refractivity contribution in [1.29, 1.82) is 0 Å². The number of rotatable bonds is 3. The van der Waals surface area contributed by atoms with Crippen molar-refractivity contribution >= 4 is 0 Å². The second-order valence-corrected chi connectivity index (χ2v) is 3.24. The molecule has 5 heteroatoms. The Balaban J connectivity index is 2.09. The lowest BCUT2D eigenvalue weighted by molar-refractivity contribution is 0.173. The van der Waals surface area contributed by atoms with Gasteiger partial charge in [-0.1, -0.05) is 12.1 Å². The minimum atomic E-state index is -0.759. The smallest absolute Gasteiger partial charge is 0.123 e. The van der Waals surface area contributed by atoms with E-state index in [9.17, 15) is 9.50 Å². The fourth-order valence-electron chi connectivity index (χ4n) is 1.36. The molecule has 2 N–H and O–H groups in total. The number of aromatic nitrogens is 3. The predicted octanol–water partition coefficient (Wildman–Crippen LogP) is 1.22. The van der Waals surface area contributed by atoms with Crippen LogP contribution in [0.2, 0.25) is 0 Å². The Morgan fingerprint density at radius 2 is 2.33 bits per heavy atom. The van der Waals surface area contributed by atoms with Gasteiger partial charge in [-0.2, -0.15) is 15.4 Å². The number of H-pyrrole nitrogens is 1. The standard InChI is InChI=1S/C10H10FN3O/c11-8-3-1-2-7(4-8)5-10(15)9-6-12-14-13-9/h1-4,6,10,15H,5H2,(H,12,13,14). The topological polar surface area (TPSA) is 61.8 Å². The Kier molecular flexibility index (Phi) is 2.73. The molecule has 78 valence electrons. The maximum Gasteiger partial charge on any atom is 0.123 e. The fourth-order valence-corrected chi connectivity index (χ4v) is 1.36. The van der Waals surface area contributed by atoms with Crippen LogP contribution in [0.3, 0.4) is 0 Å². The maximum absolute atomic E-state index is 12.8. The van der Waals surface area contributed by atoms with Crippen molar-refractivity contribution < 1.29 is 9.50 Å². The summed E-state index contributed by atoms with van der Waals surface area (Å²) in [5.41, 5.74) is 1.18. The third kappa shape index (κ3) is 2.38. The molecule has 4 nitrogen and oxygen atoms in total. The predicted molar refractivity (Wildman–Crippen MR) is 51.4 cm³/mol. The molecule has 0 bridgehead atoms. The molecule has 0 saturated carbocycles. The van der Waals surface area contributed by atoms with Crippen LogP contribution in [0.1, 0.15) is 17.4 Å². The van der Waals surface area contributed by atoms with E-state index in [1.54, 1.807) is 12.1 Å². The van der Waals surface area contributed by atoms with Gasteiger partial charge in [0.1, 0.15) is 17.6 Å². The quantitative estimate of drug-likeness (QED) is 0.795. The number of aliphatic hydroxyl groups is 1. The van der Waals surface area contributed by atoms with Crippen molar-refractivity contribution in [1.82, 2.24) is 15.4 Å². The Morgan fingerprint density at radius 1 is 1.47 bits per heavy atom. The number of benzene rings is 1. The zero-order valence-electron chi connectivity index (χ0n) is 7.89. The van der Waals surface area contributed by atoms with Gasteiger partial charge in [-0.05, 0) is 17.7 Å². The van der Waals surface area contributed by atoms with Crippen molar-refractivity contribution in [3.63, 3.8) is 0 Å². The summed E-state index contributed by atoms with van der Waals surface area (Å²) in [7, 11) is 0. The molecule has 0 radical (unpaired) electrons. The van der Waals surface area contributed by atoms with Crippen molar-refractivity contribution in [2.75, 3.05) is 0 Å². The zero-order chi connectivity index (χ0) is 10.7. The molecule has 0 fully saturated rings. The molecule has 0 aliphatic heterocycles. The second-order valence-electron chi connectivity index (χ2n) is 3.24. The Bertz CT molecular complexity index is 430. The van der Waals surface area contributed by atoms with Gasteiger partial charge in [0.15, 0.2) is 0 Å². The van der Waals surface area contributed by atoms with E-state index >= 15 is 0 Å². The van der Waals surface area contributed by atoms with E-state index < -0.39 is 6.10 Å². The van der Waals surface area contributed by atoms with Crippen LogP contribution >= 0.6 is 0 Å². The molecule has 1 unspecified atom stereocenters. The molecule has 1 heterocycles. The van der Waals surface area contributed by atoms with Gasteiger partial charge in [0.25, 0.3) is 0 Å². The number of hydrogen-bond donors (Lipinski definition) is 2. The molecular weight excluding hydrogens is 197 g/mol. The molecular formula is C10H10FN3O. The summed E-state index contributed by atoms with van der Waals surface area (Å²) in [5.74, 6) is -0.306. The minimum absolute atomic E-state index is 0.306. The molecule has 1 aromatic carbocycles. The van der Waals surface area contributed by atoms with E-state index in [0.717, 1.165) is 5.56 Å². The summed E-state index contributed by atoms with van der Waals surface area (Å²) in [6.45, 7) is 0. The number of nitrogens with one attached hydrogen (secondary N) is 1. The summed E-state index contributed by atoms with van der Waals surface area (Å²) >= 11 is 0. The first-order valence-corrected chi connectivity index (χ1v) is 4.54. The largest absolute Gasteiger partial charge is 0.386 e. The number of aromatic amines is 1. The van der Waals surface area contributed by atoms with Crippen LogP contribution in [0, 0.1) is 5.82 Å². The first-order chi connectivity index (χ1) is 7.25. The van der Waals surface area contributed by atoms with E-state index in [1.165, 1.54) is 18.3 Å². The van der Waals surface area contributed by atoms with Crippen LogP contribution in [-0.2, 0) is 6.42 Å². The summed E-state index contributed by atoms with van der Waals surface area (Å²) in [5, 5.41) is 19.5. The summed E-state index contributed by atoms with van der Waals surface area (Å²) in [6.07, 6.45) is 1.01. The van der Waals surface area contributed by atoms with Crippen molar-refractivity contribution in [3.8, 4) is 0 Å². The van der Waals surface area contributed by atoms with Crippen molar-refractivity contribution in [2.24, 2.45) is 0 Å². The van der Waals surface area contributed by atoms with Gasteiger partial charge in [-0.3, -0.25) is 0 Å². The van der Waals surface area contributed by atoms with E-state index in [2.05, 4.69) is 15.4 Å². The van der Waals surface area contributed by atoms with Gasteiger partial charge in [-0.25, -0.2) is 4.39 Å². The molecule has 0 saturated heterocycles. The highest BCUT2D eigenvalue weighted by molar-refractivity contribution is 5.18. The molecule has 0 amide bonds. The molecule has 1 aromatic heterocycles. The third-order valence-electron chi connectivity index (χ3n) is 2.09. The summed E-state index contributed by atoms with van der Waals surface area (Å²) in [4.78, 5) is 0. The molecule has 0 aliphatic carbocycles. The van der Waals surface area contributed by atoms with E-state index in [4.69, 9.17) is 0 Å². The van der Waals surface area contributed by atoms with E-state index in [0.29, 0.717) is 12.1 Å². The first kappa shape index (κ1) is 9.79. The molecule has 0 aliphatic rings. The second kappa shape index (κ2) is 4.18. The van der Waals surface area contributed by atoms with Crippen LogP contribution in [-0.4, -0.2) is 20.5 Å². The molecule has 15 heavy (non-hydrogen) atoms. The lowest BCUT2D eigenvalue weighted by Crippen LogP contribution is -2.02. The lowest BCUT2D eigenvalue weighted by Gasteiger charge is -2.06. The van der Waals surface area contributed by atoms with Crippen LogP contribution < -0.4 is 0 Å². The van der Waals surface area contributed by atoms with Gasteiger partial charge < -0.3 is 5.11 Å². The normalized spacial score (nSPS) is 12.7. The van der Waals surface area contributed by atoms with Crippen LogP contribution in [0.15, 0.2) is 30.5 Å². The van der Waals surface area contributed by atoms with E-state index in [-0.39, 0.29) is 5.82 Å². The number of aliphatic hydroxyl groups excluding tert-OH is 1. The average Bonchev–Trinajstić information content (AvgIpc) is 2.70. The van der Waals surface area contributed by atoms with Crippen LogP contribution in [0.25, 0.3) is 0 Å². The Labute approximate surface area is 85.8 Å². The maximum atomic E-state index is 12.8. The highest BCUT2D eigenvalue weighted by Crippen LogP contribution is 2.15. The molecule has 1 atom stereocenters. The Hall–Kier alpha value is -1.75. The van der Waals surface area contributed by atoms with Gasteiger partial charge in [0.2, 0.25) is 0 Å². The Morgan fingerprint density at radius 3 is 3.00 bits per heavy atom. The summed E-state index contributed by atoms with van der Waals surface area (Å²) < 4.78 is 12.8. The van der Waals surface area contributed by atoms with Crippen LogP contribution in [0.4, 0.5) is 4.39 Å². The van der Waals surface area contributed by atoms with Gasteiger partial charge in [0.05, 0.1) is 6.20 Å². The van der Waals surface area contributed by atoms with Gasteiger partial charge >= 0.3 is 0 Å². The van der Waals surface area contributed by atoms with Gasteiger partial charge in [-0.15, -0.1) is 0 Å². The lowest BCUT2D eigenvalue weighted by atomic mass is 10.1. The van der Waals surface area contributed by atoms with Gasteiger partial charge in [0, 0.05) is 6.42 Å². The first-order valence-electron chi connectivity index (χ1n) is 4.54. The minimum Gasteiger partial charge on any atom is -0.386 e. The SMILES string of the molecule is OC(Cc1cccc(F)c1)c1cn[nH]n1. The zero-order valence-corrected chi connectivity index (χ0v) is 7.89. The number of halogens is 1. The van der Waals surface area contributed by atoms with Crippen LogP contribution in [0.5, 0.6) is 0 Å². The third-order valence-corrected chi connectivity index (χ3v) is 2.09. The summed E-state index contributed by atoms with van der Waals surface area (Å²) in [6, 6.07) is 6.13. The highest BCUT2D eigenvalue weighted by Gasteiger charge is 2.11. The molecule has 2 rings (SSSR count). The average molecular weight is 207 g/mol.